The van der Waals surface area contributed by atoms with Crippen LogP contribution in [0.4, 0.5) is 5.69 Å². The van der Waals surface area contributed by atoms with E-state index >= 15 is 0 Å². The molecule has 4 rings (SSSR count). The molecule has 0 aliphatic heterocycles. The topological polar surface area (TPSA) is 63.9 Å². The highest BCUT2D eigenvalue weighted by molar-refractivity contribution is 7.21. The van der Waals surface area contributed by atoms with E-state index in [-0.39, 0.29) is 5.56 Å². The lowest BCUT2D eigenvalue weighted by Gasteiger charge is -2.11. The molecule has 6 nitrogen and oxygen atoms in total. The Morgan fingerprint density at radius 2 is 1.80 bits per heavy atom. The smallest absolute Gasteiger partial charge is 0.350 e. The summed E-state index contributed by atoms with van der Waals surface area (Å²) in [5, 5.41) is 2.57. The van der Waals surface area contributed by atoms with Crippen molar-refractivity contribution in [1.29, 1.82) is 0 Å². The minimum absolute atomic E-state index is 0.179. The van der Waals surface area contributed by atoms with Gasteiger partial charge in [0, 0.05) is 29.9 Å². The van der Waals surface area contributed by atoms with Gasteiger partial charge < -0.3 is 9.64 Å². The summed E-state index contributed by atoms with van der Waals surface area (Å²) in [4.78, 5) is 33.3. The number of hydrogen-bond donors (Lipinski definition) is 0. The maximum atomic E-state index is 13.4. The van der Waals surface area contributed by atoms with Crippen molar-refractivity contribution < 1.29 is 9.53 Å². The van der Waals surface area contributed by atoms with Gasteiger partial charge in [0.2, 0.25) is 0 Å². The average Bonchev–Trinajstić information content (AvgIpc) is 3.12. The van der Waals surface area contributed by atoms with Gasteiger partial charge in [0.05, 0.1) is 19.1 Å². The number of esters is 1. The van der Waals surface area contributed by atoms with Gasteiger partial charge in [0.15, 0.2) is 0 Å². The maximum absolute atomic E-state index is 13.4. The number of nitrogens with zero attached hydrogens (tertiary/aromatic N) is 3. The summed E-state index contributed by atoms with van der Waals surface area (Å²) in [6, 6.07) is 14.3. The zero-order valence-corrected chi connectivity index (χ0v) is 18.1. The molecular weight excluding hydrogens is 422 g/mol. The Morgan fingerprint density at radius 1 is 1.13 bits per heavy atom. The van der Waals surface area contributed by atoms with Crippen LogP contribution in [0, 0.1) is 0 Å². The first-order valence-electron chi connectivity index (χ1n) is 9.07. The Bertz CT molecular complexity index is 1350. The molecule has 0 atom stereocenters. The number of benzene rings is 2. The lowest BCUT2D eigenvalue weighted by molar-refractivity contribution is 0.0607. The van der Waals surface area contributed by atoms with Crippen molar-refractivity contribution in [3.8, 4) is 5.69 Å². The van der Waals surface area contributed by atoms with Crippen LogP contribution >= 0.6 is 22.9 Å². The molecule has 0 amide bonds. The van der Waals surface area contributed by atoms with Crippen molar-refractivity contribution >= 4 is 61.9 Å². The molecule has 2 aromatic heterocycles. The Morgan fingerprint density at radius 3 is 2.43 bits per heavy atom. The van der Waals surface area contributed by atoms with Crippen molar-refractivity contribution in [2.24, 2.45) is 4.99 Å². The van der Waals surface area contributed by atoms with E-state index in [1.165, 1.54) is 18.4 Å². The summed E-state index contributed by atoms with van der Waals surface area (Å²) in [5.41, 5.74) is 0.955. The SMILES string of the molecule is COC(=O)c1sc2c(c1N=CN(C)C)c1ccccc1c(=O)n2-c1ccc(Cl)cc1. The molecule has 30 heavy (non-hydrogen) atoms. The molecule has 0 unspecified atom stereocenters. The summed E-state index contributed by atoms with van der Waals surface area (Å²) in [6.45, 7) is 0. The number of halogens is 1. The molecule has 4 aromatic rings. The predicted octanol–water partition coefficient (Wildman–Crippen LogP) is 4.87. The number of carbonyl (C=O) groups is 1. The van der Waals surface area contributed by atoms with Crippen molar-refractivity contribution in [2.75, 3.05) is 21.2 Å². The highest BCUT2D eigenvalue weighted by Gasteiger charge is 2.24. The van der Waals surface area contributed by atoms with Crippen LogP contribution in [0.1, 0.15) is 9.67 Å². The molecule has 8 heteroatoms. The number of aliphatic imine (C=N–C) groups is 1. The molecule has 2 heterocycles. The number of carbonyl (C=O) groups excluding carboxylic acids is 1. The van der Waals surface area contributed by atoms with E-state index in [1.54, 1.807) is 46.1 Å². The fourth-order valence-electron chi connectivity index (χ4n) is 3.26. The summed E-state index contributed by atoms with van der Waals surface area (Å²) >= 11 is 7.23. The number of hydrogen-bond acceptors (Lipinski definition) is 5. The summed E-state index contributed by atoms with van der Waals surface area (Å²) < 4.78 is 6.59. The number of thiophene rings is 1. The van der Waals surface area contributed by atoms with E-state index in [0.29, 0.717) is 31.5 Å². The molecule has 0 N–H and O–H groups in total. The lowest BCUT2D eigenvalue weighted by atomic mass is 10.1. The minimum Gasteiger partial charge on any atom is -0.465 e. The van der Waals surface area contributed by atoms with Crippen LogP contribution in [0.2, 0.25) is 5.02 Å². The standard InChI is InChI=1S/C22H18ClN3O3S/c1-25(2)12-24-18-17-15-6-4-5-7-16(15)20(27)26(14-10-8-13(23)9-11-14)21(17)30-19(18)22(28)29-3/h4-12H,1-3H3. The zero-order chi connectivity index (χ0) is 21.4. The van der Waals surface area contributed by atoms with Crippen molar-refractivity contribution in [1.82, 2.24) is 9.47 Å². The van der Waals surface area contributed by atoms with Crippen molar-refractivity contribution in [3.05, 3.63) is 68.8 Å². The highest BCUT2D eigenvalue weighted by atomic mass is 35.5. The van der Waals surface area contributed by atoms with Gasteiger partial charge in [-0.3, -0.25) is 9.36 Å². The highest BCUT2D eigenvalue weighted by Crippen LogP contribution is 2.42. The van der Waals surface area contributed by atoms with E-state index in [1.807, 2.05) is 32.3 Å². The second-order valence-corrected chi connectivity index (χ2v) is 8.26. The van der Waals surface area contributed by atoms with Gasteiger partial charge in [-0.05, 0) is 35.7 Å². The Balaban J connectivity index is 2.22. The monoisotopic (exact) mass is 439 g/mol. The summed E-state index contributed by atoms with van der Waals surface area (Å²) in [5.74, 6) is -0.499. The van der Waals surface area contributed by atoms with E-state index in [0.717, 1.165) is 10.8 Å². The van der Waals surface area contributed by atoms with Gasteiger partial charge in [0.1, 0.15) is 15.4 Å². The molecule has 0 saturated heterocycles. The fraction of sp³-hybridized carbons (Fsp3) is 0.136. The molecule has 0 saturated carbocycles. The number of methoxy groups -OCH3 is 1. The molecular formula is C22H18ClN3O3S. The summed E-state index contributed by atoms with van der Waals surface area (Å²) in [6.07, 6.45) is 1.63. The van der Waals surface area contributed by atoms with E-state index in [9.17, 15) is 9.59 Å². The normalized spacial score (nSPS) is 11.5. The quantitative estimate of drug-likeness (QED) is 0.258. The van der Waals surface area contributed by atoms with Crippen LogP contribution in [-0.4, -0.2) is 43.0 Å². The van der Waals surface area contributed by atoms with Crippen LogP contribution in [0.25, 0.3) is 26.7 Å². The van der Waals surface area contributed by atoms with Crippen LogP contribution in [-0.2, 0) is 4.74 Å². The first kappa shape index (κ1) is 20.1. The largest absolute Gasteiger partial charge is 0.465 e. The van der Waals surface area contributed by atoms with E-state index in [2.05, 4.69) is 4.99 Å². The van der Waals surface area contributed by atoms with Gasteiger partial charge in [-0.25, -0.2) is 9.79 Å². The number of pyridine rings is 1. The maximum Gasteiger partial charge on any atom is 0.350 e. The number of aromatic nitrogens is 1. The third-order valence-corrected chi connectivity index (χ3v) is 5.97. The van der Waals surface area contributed by atoms with Crippen molar-refractivity contribution in [2.45, 2.75) is 0 Å². The number of rotatable bonds is 4. The number of ether oxygens (including phenoxy) is 1. The Hall–Kier alpha value is -3.16. The number of fused-ring (bicyclic) bond motifs is 3. The van der Waals surface area contributed by atoms with Gasteiger partial charge in [-0.1, -0.05) is 29.8 Å². The first-order chi connectivity index (χ1) is 14.4. The van der Waals surface area contributed by atoms with Crippen LogP contribution < -0.4 is 5.56 Å². The second-order valence-electron chi connectivity index (χ2n) is 6.82. The first-order valence-corrected chi connectivity index (χ1v) is 10.3. The minimum atomic E-state index is -0.499. The third kappa shape index (κ3) is 3.36. The molecule has 0 aliphatic carbocycles. The van der Waals surface area contributed by atoms with Gasteiger partial charge in [-0.2, -0.15) is 0 Å². The van der Waals surface area contributed by atoms with Gasteiger partial charge in [-0.15, -0.1) is 11.3 Å². The van der Waals surface area contributed by atoms with Crippen LogP contribution in [0.15, 0.2) is 58.3 Å². The third-order valence-electron chi connectivity index (χ3n) is 4.57. The van der Waals surface area contributed by atoms with Crippen LogP contribution in [0.3, 0.4) is 0 Å². The van der Waals surface area contributed by atoms with Gasteiger partial charge in [0.25, 0.3) is 5.56 Å². The molecule has 0 aliphatic rings. The predicted molar refractivity (Wildman–Crippen MR) is 123 cm³/mol. The van der Waals surface area contributed by atoms with E-state index in [4.69, 9.17) is 16.3 Å². The summed E-state index contributed by atoms with van der Waals surface area (Å²) in [7, 11) is 5.02. The average molecular weight is 440 g/mol. The molecule has 0 spiro atoms. The zero-order valence-electron chi connectivity index (χ0n) is 16.5. The Kier molecular flexibility index (Phi) is 5.32. The Labute approximate surface area is 181 Å². The van der Waals surface area contributed by atoms with Crippen molar-refractivity contribution in [3.63, 3.8) is 0 Å². The molecule has 0 fully saturated rings. The van der Waals surface area contributed by atoms with Gasteiger partial charge >= 0.3 is 5.97 Å². The van der Waals surface area contributed by atoms with Crippen LogP contribution in [0.5, 0.6) is 0 Å². The molecule has 2 aromatic carbocycles. The second kappa shape index (κ2) is 7.93. The molecule has 0 radical (unpaired) electrons. The molecule has 0 bridgehead atoms. The lowest BCUT2D eigenvalue weighted by Crippen LogP contribution is -2.18. The molecule has 152 valence electrons. The fourth-order valence-corrected chi connectivity index (χ4v) is 4.59. The van der Waals surface area contributed by atoms with E-state index < -0.39 is 5.97 Å².